The summed E-state index contributed by atoms with van der Waals surface area (Å²) in [7, 11) is 1.61. The Kier molecular flexibility index (Phi) is 5.74. The average molecular weight is 381 g/mol. The number of aliphatic hydroxyl groups is 1. The molecular weight excluding hydrogens is 359 g/mol. The lowest BCUT2D eigenvalue weighted by Gasteiger charge is -2.34. The molecule has 1 saturated heterocycles. The summed E-state index contributed by atoms with van der Waals surface area (Å²) in [5.41, 5.74) is 0.137. The Morgan fingerprint density at radius 2 is 1.93 bits per heavy atom. The van der Waals surface area contributed by atoms with Crippen molar-refractivity contribution in [3.8, 4) is 5.75 Å². The second-order valence-electron chi connectivity index (χ2n) is 6.47. The van der Waals surface area contributed by atoms with Crippen molar-refractivity contribution in [3.05, 3.63) is 47.7 Å². The van der Waals surface area contributed by atoms with Crippen LogP contribution in [0.15, 0.2) is 36.4 Å². The molecule has 2 aromatic rings. The number of aromatic nitrogens is 1. The minimum Gasteiger partial charge on any atom is -0.495 e. The van der Waals surface area contributed by atoms with Gasteiger partial charge in [-0.2, -0.15) is 13.2 Å². The largest absolute Gasteiger partial charge is 0.495 e. The molecule has 3 rings (SSSR count). The molecular formula is C19H22F3N3O2. The highest BCUT2D eigenvalue weighted by Gasteiger charge is 2.32. The fourth-order valence-corrected chi connectivity index (χ4v) is 3.22. The van der Waals surface area contributed by atoms with Gasteiger partial charge in [0.1, 0.15) is 11.6 Å². The zero-order valence-corrected chi connectivity index (χ0v) is 15.0. The Morgan fingerprint density at radius 3 is 2.56 bits per heavy atom. The molecule has 0 amide bonds. The topological polar surface area (TPSA) is 57.6 Å². The van der Waals surface area contributed by atoms with Crippen molar-refractivity contribution in [2.24, 2.45) is 0 Å². The number of para-hydroxylation sites is 2. The smallest absolute Gasteiger partial charge is 0.416 e. The van der Waals surface area contributed by atoms with Crippen LogP contribution in [-0.2, 0) is 12.8 Å². The molecule has 27 heavy (non-hydrogen) atoms. The predicted octanol–water partition coefficient (Wildman–Crippen LogP) is 3.68. The molecule has 0 unspecified atom stereocenters. The Morgan fingerprint density at radius 1 is 1.22 bits per heavy atom. The van der Waals surface area contributed by atoms with Gasteiger partial charge in [-0.1, -0.05) is 12.1 Å². The summed E-state index contributed by atoms with van der Waals surface area (Å²) in [6, 6.07) is 9.76. The van der Waals surface area contributed by atoms with Crippen molar-refractivity contribution in [3.63, 3.8) is 0 Å². The normalized spacial score (nSPS) is 15.7. The van der Waals surface area contributed by atoms with Gasteiger partial charge >= 0.3 is 6.18 Å². The first-order valence-electron chi connectivity index (χ1n) is 8.74. The van der Waals surface area contributed by atoms with Crippen molar-refractivity contribution >= 4 is 11.5 Å². The third-order valence-electron chi connectivity index (χ3n) is 4.64. The quantitative estimate of drug-likeness (QED) is 0.828. The van der Waals surface area contributed by atoms with Crippen LogP contribution < -0.4 is 15.0 Å². The van der Waals surface area contributed by atoms with E-state index in [0.29, 0.717) is 13.1 Å². The maximum absolute atomic E-state index is 13.1. The number of rotatable bonds is 5. The number of hydrogen-bond donors (Lipinski definition) is 2. The fraction of sp³-hybridized carbons (Fsp3) is 0.421. The number of nitrogens with one attached hydrogen (secondary N) is 1. The van der Waals surface area contributed by atoms with E-state index in [9.17, 15) is 18.3 Å². The number of halogens is 3. The van der Waals surface area contributed by atoms with Gasteiger partial charge in [-0.25, -0.2) is 4.98 Å². The molecule has 0 aliphatic carbocycles. The van der Waals surface area contributed by atoms with Gasteiger partial charge in [-0.05, 0) is 37.1 Å². The van der Waals surface area contributed by atoms with E-state index >= 15 is 0 Å². The highest BCUT2D eigenvalue weighted by atomic mass is 19.4. The van der Waals surface area contributed by atoms with Crippen LogP contribution in [0.1, 0.15) is 24.1 Å². The van der Waals surface area contributed by atoms with Crippen LogP contribution in [0, 0.1) is 0 Å². The Balaban J connectivity index is 1.69. The van der Waals surface area contributed by atoms with Crippen molar-refractivity contribution in [2.75, 3.05) is 30.4 Å². The predicted molar refractivity (Wildman–Crippen MR) is 97.0 cm³/mol. The van der Waals surface area contributed by atoms with Gasteiger partial charge < -0.3 is 20.1 Å². The second-order valence-corrected chi connectivity index (χ2v) is 6.47. The number of aliphatic hydroxyl groups excluding tert-OH is 1. The minimum absolute atomic E-state index is 0.0223. The monoisotopic (exact) mass is 381 g/mol. The maximum Gasteiger partial charge on any atom is 0.416 e. The van der Waals surface area contributed by atoms with E-state index in [0.717, 1.165) is 36.4 Å². The van der Waals surface area contributed by atoms with Crippen molar-refractivity contribution in [1.82, 2.24) is 4.98 Å². The third kappa shape index (κ3) is 4.63. The maximum atomic E-state index is 13.1. The van der Waals surface area contributed by atoms with Crippen LogP contribution in [0.5, 0.6) is 5.75 Å². The molecule has 1 fully saturated rings. The van der Waals surface area contributed by atoms with Crippen LogP contribution in [-0.4, -0.2) is 36.3 Å². The lowest BCUT2D eigenvalue weighted by molar-refractivity contribution is -0.137. The number of piperidine rings is 1. The Hall–Kier alpha value is -2.48. The van der Waals surface area contributed by atoms with Crippen molar-refractivity contribution in [2.45, 2.75) is 31.7 Å². The number of pyridine rings is 1. The molecule has 8 heteroatoms. The van der Waals surface area contributed by atoms with Gasteiger partial charge in [0, 0.05) is 19.1 Å². The zero-order valence-electron chi connectivity index (χ0n) is 15.0. The number of methoxy groups -OCH3 is 1. The highest BCUT2D eigenvalue weighted by molar-refractivity contribution is 5.57. The van der Waals surface area contributed by atoms with Gasteiger partial charge in [0.05, 0.1) is 30.7 Å². The van der Waals surface area contributed by atoms with Gasteiger partial charge in [-0.15, -0.1) is 0 Å². The standard InChI is InChI=1S/C19H22F3N3O2/c1-27-17-5-3-2-4-16(17)23-14-6-8-25(9-7-14)18-11-13(19(20,21)22)10-15(12-26)24-18/h2-5,10-11,14,23,26H,6-9,12H2,1H3. The molecule has 5 nitrogen and oxygen atoms in total. The molecule has 1 aliphatic heterocycles. The van der Waals surface area contributed by atoms with Gasteiger partial charge in [0.2, 0.25) is 0 Å². The van der Waals surface area contributed by atoms with Crippen LogP contribution in [0.2, 0.25) is 0 Å². The second kappa shape index (κ2) is 8.04. The molecule has 0 spiro atoms. The molecule has 0 radical (unpaired) electrons. The molecule has 2 N–H and O–H groups in total. The summed E-state index contributed by atoms with van der Waals surface area (Å²) in [5.74, 6) is 1.01. The first kappa shape index (κ1) is 19.3. The number of nitrogens with zero attached hydrogens (tertiary/aromatic N) is 2. The SMILES string of the molecule is COc1ccccc1NC1CCN(c2cc(C(F)(F)F)cc(CO)n2)CC1. The fourth-order valence-electron chi connectivity index (χ4n) is 3.22. The summed E-state index contributed by atoms with van der Waals surface area (Å²) in [6.07, 6.45) is -2.96. The lowest BCUT2D eigenvalue weighted by atomic mass is 10.0. The minimum atomic E-state index is -4.47. The van der Waals surface area contributed by atoms with E-state index in [4.69, 9.17) is 4.74 Å². The Bertz CT molecular complexity index is 775. The highest BCUT2D eigenvalue weighted by Crippen LogP contribution is 2.33. The number of benzene rings is 1. The van der Waals surface area contributed by atoms with Crippen LogP contribution in [0.4, 0.5) is 24.7 Å². The van der Waals surface area contributed by atoms with E-state index in [1.807, 2.05) is 29.2 Å². The van der Waals surface area contributed by atoms with Crippen molar-refractivity contribution < 1.29 is 23.0 Å². The molecule has 1 aromatic heterocycles. The van der Waals surface area contributed by atoms with Crippen LogP contribution >= 0.6 is 0 Å². The first-order valence-corrected chi connectivity index (χ1v) is 8.74. The van der Waals surface area contributed by atoms with Crippen molar-refractivity contribution in [1.29, 1.82) is 0 Å². The van der Waals surface area contributed by atoms with E-state index in [1.165, 1.54) is 0 Å². The summed E-state index contributed by atoms with van der Waals surface area (Å²) in [5, 5.41) is 12.7. The molecule has 146 valence electrons. The lowest BCUT2D eigenvalue weighted by Crippen LogP contribution is -2.39. The molecule has 0 saturated carbocycles. The van der Waals surface area contributed by atoms with Gasteiger partial charge in [0.15, 0.2) is 0 Å². The summed E-state index contributed by atoms with van der Waals surface area (Å²) in [6.45, 7) is 0.626. The van der Waals surface area contributed by atoms with E-state index in [2.05, 4.69) is 10.3 Å². The van der Waals surface area contributed by atoms with Gasteiger partial charge in [-0.3, -0.25) is 0 Å². The van der Waals surface area contributed by atoms with E-state index < -0.39 is 18.3 Å². The number of ether oxygens (including phenoxy) is 1. The molecule has 2 heterocycles. The summed E-state index contributed by atoms with van der Waals surface area (Å²) < 4.78 is 44.6. The van der Waals surface area contributed by atoms with Gasteiger partial charge in [0.25, 0.3) is 0 Å². The average Bonchev–Trinajstić information content (AvgIpc) is 2.68. The molecule has 1 aliphatic rings. The number of hydrogen-bond acceptors (Lipinski definition) is 5. The zero-order chi connectivity index (χ0) is 19.4. The molecule has 0 bridgehead atoms. The first-order chi connectivity index (χ1) is 12.9. The van der Waals surface area contributed by atoms with E-state index in [1.54, 1.807) is 7.11 Å². The van der Waals surface area contributed by atoms with E-state index in [-0.39, 0.29) is 17.6 Å². The summed E-state index contributed by atoms with van der Waals surface area (Å²) in [4.78, 5) is 5.99. The molecule has 1 aromatic carbocycles. The number of alkyl halides is 3. The summed E-state index contributed by atoms with van der Waals surface area (Å²) >= 11 is 0. The Labute approximate surface area is 155 Å². The molecule has 0 atom stereocenters. The van der Waals surface area contributed by atoms with Crippen LogP contribution in [0.3, 0.4) is 0 Å². The number of anilines is 2. The van der Waals surface area contributed by atoms with Crippen LogP contribution in [0.25, 0.3) is 0 Å². The third-order valence-corrected chi connectivity index (χ3v) is 4.64.